The van der Waals surface area contributed by atoms with E-state index in [4.69, 9.17) is 9.72 Å². The summed E-state index contributed by atoms with van der Waals surface area (Å²) in [5.74, 6) is 2.41. The van der Waals surface area contributed by atoms with Crippen LogP contribution in [0.2, 0.25) is 0 Å². The molecular weight excluding hydrogens is 276 g/mol. The van der Waals surface area contributed by atoms with Crippen molar-refractivity contribution in [2.75, 3.05) is 43.1 Å². The molecule has 1 aromatic carbocycles. The number of nitrogens with zero attached hydrogens (tertiary/aromatic N) is 4. The van der Waals surface area contributed by atoms with E-state index in [2.05, 4.69) is 39.0 Å². The fourth-order valence-corrected chi connectivity index (χ4v) is 3.09. The van der Waals surface area contributed by atoms with E-state index in [0.29, 0.717) is 6.61 Å². The largest absolute Gasteiger partial charge is 0.486 e. The molecule has 0 spiro atoms. The summed E-state index contributed by atoms with van der Waals surface area (Å²) >= 11 is 0. The van der Waals surface area contributed by atoms with E-state index in [1.54, 1.807) is 6.20 Å². The van der Waals surface area contributed by atoms with Crippen LogP contribution in [0, 0.1) is 0 Å². The molecule has 3 heterocycles. The minimum absolute atomic E-state index is 0.691. The third kappa shape index (κ3) is 2.36. The summed E-state index contributed by atoms with van der Waals surface area (Å²) in [6, 6.07) is 8.52. The van der Waals surface area contributed by atoms with Gasteiger partial charge in [-0.05, 0) is 25.0 Å². The Morgan fingerprint density at radius 1 is 1.14 bits per heavy atom. The second kappa shape index (κ2) is 5.48. The molecular formula is C17H20N4O. The van der Waals surface area contributed by atoms with Gasteiger partial charge in [0, 0.05) is 31.4 Å². The third-order valence-electron chi connectivity index (χ3n) is 4.36. The highest BCUT2D eigenvalue weighted by Gasteiger charge is 2.19. The summed E-state index contributed by atoms with van der Waals surface area (Å²) < 4.78 is 5.61. The van der Waals surface area contributed by atoms with Crippen molar-refractivity contribution in [3.8, 4) is 17.1 Å². The molecule has 1 fully saturated rings. The number of rotatable bonds is 2. The maximum atomic E-state index is 5.61. The van der Waals surface area contributed by atoms with Crippen LogP contribution < -0.4 is 14.5 Å². The minimum atomic E-state index is 0.691. The molecule has 1 saturated heterocycles. The summed E-state index contributed by atoms with van der Waals surface area (Å²) in [6.07, 6.45) is 4.35. The van der Waals surface area contributed by atoms with Gasteiger partial charge in [-0.25, -0.2) is 9.97 Å². The number of hydrogen-bond acceptors (Lipinski definition) is 5. The van der Waals surface area contributed by atoms with Crippen LogP contribution >= 0.6 is 0 Å². The standard InChI is InChI=1S/C17H20N4O/c1-20-9-10-22-15-12-18-16(19-17(15)20)13-5-4-6-14(11-13)21-7-2-3-8-21/h4-6,11-12H,2-3,7-10H2,1H3. The molecule has 5 nitrogen and oxygen atoms in total. The summed E-state index contributed by atoms with van der Waals surface area (Å²) in [5.41, 5.74) is 2.33. The van der Waals surface area contributed by atoms with Gasteiger partial charge >= 0.3 is 0 Å². The number of anilines is 2. The van der Waals surface area contributed by atoms with Gasteiger partial charge in [0.2, 0.25) is 0 Å². The van der Waals surface area contributed by atoms with Crippen LogP contribution in [0.4, 0.5) is 11.5 Å². The lowest BCUT2D eigenvalue weighted by atomic mass is 10.1. The second-order valence-electron chi connectivity index (χ2n) is 5.90. The van der Waals surface area contributed by atoms with E-state index >= 15 is 0 Å². The lowest BCUT2D eigenvalue weighted by Crippen LogP contribution is -2.30. The van der Waals surface area contributed by atoms with Crippen LogP contribution in [-0.4, -0.2) is 43.3 Å². The number of likely N-dealkylation sites (N-methyl/N-ethyl adjacent to an activating group) is 1. The van der Waals surface area contributed by atoms with Crippen LogP contribution in [0.5, 0.6) is 5.75 Å². The van der Waals surface area contributed by atoms with E-state index in [-0.39, 0.29) is 0 Å². The smallest absolute Gasteiger partial charge is 0.180 e. The van der Waals surface area contributed by atoms with Crippen LogP contribution in [-0.2, 0) is 0 Å². The van der Waals surface area contributed by atoms with Gasteiger partial charge in [-0.3, -0.25) is 0 Å². The molecule has 4 rings (SSSR count). The van der Waals surface area contributed by atoms with E-state index in [0.717, 1.165) is 42.6 Å². The highest BCUT2D eigenvalue weighted by Crippen LogP contribution is 2.31. The van der Waals surface area contributed by atoms with Gasteiger partial charge in [0.25, 0.3) is 0 Å². The molecule has 0 saturated carbocycles. The molecule has 0 aliphatic carbocycles. The Hall–Kier alpha value is -2.30. The second-order valence-corrected chi connectivity index (χ2v) is 5.90. The Morgan fingerprint density at radius 3 is 2.86 bits per heavy atom. The topological polar surface area (TPSA) is 41.5 Å². The van der Waals surface area contributed by atoms with E-state index in [1.165, 1.54) is 18.5 Å². The summed E-state index contributed by atoms with van der Waals surface area (Å²) in [5, 5.41) is 0. The predicted molar refractivity (Wildman–Crippen MR) is 87.7 cm³/mol. The van der Waals surface area contributed by atoms with Gasteiger partial charge in [0.05, 0.1) is 12.7 Å². The van der Waals surface area contributed by atoms with Gasteiger partial charge in [0.15, 0.2) is 17.4 Å². The van der Waals surface area contributed by atoms with Gasteiger partial charge in [0.1, 0.15) is 6.61 Å². The fraction of sp³-hybridized carbons (Fsp3) is 0.412. The van der Waals surface area contributed by atoms with Gasteiger partial charge in [-0.2, -0.15) is 0 Å². The highest BCUT2D eigenvalue weighted by atomic mass is 16.5. The Labute approximate surface area is 130 Å². The van der Waals surface area contributed by atoms with Crippen LogP contribution in [0.15, 0.2) is 30.5 Å². The molecule has 0 bridgehead atoms. The van der Waals surface area contributed by atoms with Crippen LogP contribution in [0.1, 0.15) is 12.8 Å². The summed E-state index contributed by atoms with van der Waals surface area (Å²) in [4.78, 5) is 13.7. The fourth-order valence-electron chi connectivity index (χ4n) is 3.09. The Morgan fingerprint density at radius 2 is 2.00 bits per heavy atom. The Kier molecular flexibility index (Phi) is 3.33. The number of benzene rings is 1. The number of ether oxygens (including phenoxy) is 1. The quantitative estimate of drug-likeness (QED) is 0.852. The first-order valence-corrected chi connectivity index (χ1v) is 7.87. The average molecular weight is 296 g/mol. The van der Waals surface area contributed by atoms with Crippen molar-refractivity contribution in [1.29, 1.82) is 0 Å². The molecule has 0 amide bonds. The third-order valence-corrected chi connectivity index (χ3v) is 4.36. The van der Waals surface area contributed by atoms with Crippen molar-refractivity contribution < 1.29 is 4.74 Å². The molecule has 0 atom stereocenters. The maximum Gasteiger partial charge on any atom is 0.180 e. The summed E-state index contributed by atoms with van der Waals surface area (Å²) in [7, 11) is 2.04. The van der Waals surface area contributed by atoms with Crippen molar-refractivity contribution >= 4 is 11.5 Å². The van der Waals surface area contributed by atoms with Gasteiger partial charge in [-0.1, -0.05) is 12.1 Å². The Bertz CT molecular complexity index is 682. The number of aromatic nitrogens is 2. The first-order chi connectivity index (χ1) is 10.8. The zero-order chi connectivity index (χ0) is 14.9. The number of fused-ring (bicyclic) bond motifs is 1. The van der Waals surface area contributed by atoms with Crippen molar-refractivity contribution in [2.24, 2.45) is 0 Å². The molecule has 5 heteroatoms. The van der Waals surface area contributed by atoms with Crippen LogP contribution in [0.3, 0.4) is 0 Å². The molecule has 2 aromatic rings. The van der Waals surface area contributed by atoms with Crippen molar-refractivity contribution in [3.05, 3.63) is 30.5 Å². The van der Waals surface area contributed by atoms with E-state index < -0.39 is 0 Å². The molecule has 0 radical (unpaired) electrons. The van der Waals surface area contributed by atoms with Crippen LogP contribution in [0.25, 0.3) is 11.4 Å². The molecule has 0 unspecified atom stereocenters. The molecule has 0 N–H and O–H groups in total. The average Bonchev–Trinajstić information content (AvgIpc) is 3.10. The zero-order valence-electron chi connectivity index (χ0n) is 12.8. The first-order valence-electron chi connectivity index (χ1n) is 7.87. The lowest BCUT2D eigenvalue weighted by molar-refractivity contribution is 0.307. The van der Waals surface area contributed by atoms with E-state index in [1.807, 2.05) is 7.05 Å². The van der Waals surface area contributed by atoms with Gasteiger partial charge < -0.3 is 14.5 Å². The van der Waals surface area contributed by atoms with Crippen molar-refractivity contribution in [2.45, 2.75) is 12.8 Å². The zero-order valence-corrected chi connectivity index (χ0v) is 12.8. The normalized spacial score (nSPS) is 17.3. The molecule has 2 aliphatic heterocycles. The summed E-state index contributed by atoms with van der Waals surface area (Å²) in [6.45, 7) is 3.84. The highest BCUT2D eigenvalue weighted by molar-refractivity contribution is 5.66. The molecule has 2 aliphatic rings. The molecule has 114 valence electrons. The monoisotopic (exact) mass is 296 g/mol. The predicted octanol–water partition coefficient (Wildman–Crippen LogP) is 2.57. The number of hydrogen-bond donors (Lipinski definition) is 0. The minimum Gasteiger partial charge on any atom is -0.486 e. The Balaban J connectivity index is 1.69. The lowest BCUT2D eigenvalue weighted by Gasteiger charge is -2.26. The van der Waals surface area contributed by atoms with Crippen molar-refractivity contribution in [1.82, 2.24) is 9.97 Å². The van der Waals surface area contributed by atoms with E-state index in [9.17, 15) is 0 Å². The first kappa shape index (κ1) is 13.4. The van der Waals surface area contributed by atoms with Gasteiger partial charge in [-0.15, -0.1) is 0 Å². The van der Waals surface area contributed by atoms with Crippen molar-refractivity contribution in [3.63, 3.8) is 0 Å². The molecule has 22 heavy (non-hydrogen) atoms. The SMILES string of the molecule is CN1CCOc2cnc(-c3cccc(N4CCCC4)c3)nc21. The maximum absolute atomic E-state index is 5.61. The molecule has 1 aromatic heterocycles.